The van der Waals surface area contributed by atoms with Crippen LogP contribution in [0.4, 0.5) is 0 Å². The Morgan fingerprint density at radius 1 is 1.33 bits per heavy atom. The van der Waals surface area contributed by atoms with Gasteiger partial charge in [-0.05, 0) is 43.5 Å². The van der Waals surface area contributed by atoms with Gasteiger partial charge >= 0.3 is 0 Å². The van der Waals surface area contributed by atoms with E-state index >= 15 is 0 Å². The van der Waals surface area contributed by atoms with Crippen molar-refractivity contribution >= 4 is 0 Å². The quantitative estimate of drug-likeness (QED) is 0.784. The third-order valence-corrected chi connectivity index (χ3v) is 3.27. The minimum absolute atomic E-state index is 0.670. The molecule has 1 aromatic carbocycles. The number of hydrogen-bond donors (Lipinski definition) is 1. The number of methoxy groups -OCH3 is 1. The van der Waals surface area contributed by atoms with Crippen LogP contribution in [0.5, 0.6) is 5.75 Å². The molecule has 2 nitrogen and oxygen atoms in total. The number of nitrogens with two attached hydrogens (primary N) is 1. The smallest absolute Gasteiger partial charge is 0.121 e. The summed E-state index contributed by atoms with van der Waals surface area (Å²) in [6, 6.07) is 7.24. The summed E-state index contributed by atoms with van der Waals surface area (Å²) < 4.78 is 5.28. The Kier molecular flexibility index (Phi) is 3.27. The molecule has 1 aliphatic heterocycles. The summed E-state index contributed by atoms with van der Waals surface area (Å²) in [6.45, 7) is 3.39. The van der Waals surface area contributed by atoms with Crippen LogP contribution in [0.2, 0.25) is 0 Å². The van der Waals surface area contributed by atoms with E-state index in [9.17, 15) is 0 Å². The summed E-state index contributed by atoms with van der Waals surface area (Å²) in [5.74, 6) is 0.995. The predicted octanol–water partition coefficient (Wildman–Crippen LogP) is 1.79. The van der Waals surface area contributed by atoms with Crippen molar-refractivity contribution in [2.45, 2.75) is 32.2 Å². The second kappa shape index (κ2) is 4.67. The van der Waals surface area contributed by atoms with Gasteiger partial charge in [0.25, 0.3) is 0 Å². The van der Waals surface area contributed by atoms with Gasteiger partial charge in [-0.2, -0.15) is 0 Å². The topological polar surface area (TPSA) is 25.8 Å². The van der Waals surface area contributed by atoms with Crippen molar-refractivity contribution in [1.82, 2.24) is 0 Å². The number of piperidine rings is 1. The zero-order valence-corrected chi connectivity index (χ0v) is 9.62. The van der Waals surface area contributed by atoms with Gasteiger partial charge in [-0.25, -0.2) is 0 Å². The van der Waals surface area contributed by atoms with E-state index < -0.39 is 0 Å². The molecule has 15 heavy (non-hydrogen) atoms. The fourth-order valence-electron chi connectivity index (χ4n) is 2.38. The third-order valence-electron chi connectivity index (χ3n) is 3.27. The van der Waals surface area contributed by atoms with Crippen LogP contribution in [-0.2, 0) is 0 Å². The van der Waals surface area contributed by atoms with Crippen LogP contribution in [-0.4, -0.2) is 13.7 Å². The largest absolute Gasteiger partial charge is 0.496 e. The highest BCUT2D eigenvalue weighted by Crippen LogP contribution is 2.24. The summed E-state index contributed by atoms with van der Waals surface area (Å²) in [6.07, 6.45) is 4.05. The Balaban J connectivity index is 2.17. The van der Waals surface area contributed by atoms with Gasteiger partial charge in [0.1, 0.15) is 11.8 Å². The molecule has 2 N–H and O–H groups in total. The van der Waals surface area contributed by atoms with Crippen LogP contribution >= 0.6 is 0 Å². The summed E-state index contributed by atoms with van der Waals surface area (Å²) in [7, 11) is 1.73. The Morgan fingerprint density at radius 2 is 2.20 bits per heavy atom. The minimum atomic E-state index is 0.670. The second-order valence-corrected chi connectivity index (χ2v) is 4.36. The molecule has 2 heteroatoms. The van der Waals surface area contributed by atoms with Gasteiger partial charge in [0.05, 0.1) is 13.7 Å². The Labute approximate surface area is 91.6 Å². The highest BCUT2D eigenvalue weighted by molar-refractivity contribution is 5.36. The summed E-state index contributed by atoms with van der Waals surface area (Å²) in [4.78, 5) is 0. The van der Waals surface area contributed by atoms with E-state index in [0.29, 0.717) is 6.04 Å². The van der Waals surface area contributed by atoms with Gasteiger partial charge in [0, 0.05) is 12.0 Å². The van der Waals surface area contributed by atoms with E-state index in [4.69, 9.17) is 4.74 Å². The number of aryl methyl sites for hydroxylation is 1. The standard InChI is InChI=1S/C13H19NO/c1-10-9-11(6-7-13(10)15-2)12-5-3-4-8-14-12/h6-7,9,12,14H,3-5,8H2,1-2H3/p+1/t12-/m1/s1. The van der Waals surface area contributed by atoms with Crippen molar-refractivity contribution < 1.29 is 10.1 Å². The Hall–Kier alpha value is -1.02. The molecule has 0 aromatic heterocycles. The van der Waals surface area contributed by atoms with Crippen LogP contribution in [0.1, 0.15) is 36.4 Å². The fraction of sp³-hybridized carbons (Fsp3) is 0.538. The first-order valence-electron chi connectivity index (χ1n) is 5.79. The highest BCUT2D eigenvalue weighted by atomic mass is 16.5. The molecular weight excluding hydrogens is 186 g/mol. The summed E-state index contributed by atoms with van der Waals surface area (Å²) >= 11 is 0. The first-order chi connectivity index (χ1) is 7.31. The van der Waals surface area contributed by atoms with Crippen molar-refractivity contribution in [3.63, 3.8) is 0 Å². The van der Waals surface area contributed by atoms with E-state index in [0.717, 1.165) is 5.75 Å². The van der Waals surface area contributed by atoms with Gasteiger partial charge in [0.2, 0.25) is 0 Å². The maximum atomic E-state index is 5.28. The van der Waals surface area contributed by atoms with E-state index in [1.54, 1.807) is 7.11 Å². The van der Waals surface area contributed by atoms with Crippen LogP contribution in [0.25, 0.3) is 0 Å². The summed E-state index contributed by atoms with van der Waals surface area (Å²) in [5.41, 5.74) is 2.70. The van der Waals surface area contributed by atoms with Gasteiger partial charge < -0.3 is 10.1 Å². The van der Waals surface area contributed by atoms with Crippen LogP contribution in [0, 0.1) is 6.92 Å². The molecule has 1 fully saturated rings. The normalized spacial score (nSPS) is 21.3. The maximum absolute atomic E-state index is 5.28. The molecule has 0 aliphatic carbocycles. The van der Waals surface area contributed by atoms with Crippen LogP contribution < -0.4 is 10.1 Å². The van der Waals surface area contributed by atoms with Gasteiger partial charge in [-0.3, -0.25) is 0 Å². The van der Waals surface area contributed by atoms with Crippen molar-refractivity contribution in [1.29, 1.82) is 0 Å². The van der Waals surface area contributed by atoms with E-state index in [2.05, 4.69) is 30.4 Å². The molecule has 0 radical (unpaired) electrons. The zero-order valence-electron chi connectivity index (χ0n) is 9.62. The lowest BCUT2D eigenvalue weighted by Crippen LogP contribution is -2.86. The van der Waals surface area contributed by atoms with Gasteiger partial charge in [0.15, 0.2) is 0 Å². The fourth-order valence-corrected chi connectivity index (χ4v) is 2.38. The van der Waals surface area contributed by atoms with Crippen LogP contribution in [0.15, 0.2) is 18.2 Å². The van der Waals surface area contributed by atoms with Crippen molar-refractivity contribution in [3.8, 4) is 5.75 Å². The lowest BCUT2D eigenvalue weighted by molar-refractivity contribution is -0.704. The van der Waals surface area contributed by atoms with Crippen molar-refractivity contribution in [2.24, 2.45) is 0 Å². The SMILES string of the molecule is COc1ccc([C@H]2CCCC[NH2+]2)cc1C. The summed E-state index contributed by atoms with van der Waals surface area (Å²) in [5, 5.41) is 2.46. The third kappa shape index (κ3) is 2.32. The molecule has 82 valence electrons. The lowest BCUT2D eigenvalue weighted by Gasteiger charge is -2.21. The molecule has 1 saturated heterocycles. The Bertz CT molecular complexity index is 329. The first-order valence-corrected chi connectivity index (χ1v) is 5.79. The number of quaternary nitrogens is 1. The maximum Gasteiger partial charge on any atom is 0.121 e. The van der Waals surface area contributed by atoms with E-state index in [1.165, 1.54) is 36.9 Å². The predicted molar refractivity (Wildman–Crippen MR) is 61.1 cm³/mol. The molecular formula is C13H20NO+. The molecule has 0 bridgehead atoms. The van der Waals surface area contributed by atoms with Gasteiger partial charge in [-0.15, -0.1) is 0 Å². The average molecular weight is 206 g/mol. The molecule has 1 atom stereocenters. The number of hydrogen-bond acceptors (Lipinski definition) is 1. The zero-order chi connectivity index (χ0) is 10.7. The van der Waals surface area contributed by atoms with Gasteiger partial charge in [-0.1, -0.05) is 0 Å². The highest BCUT2D eigenvalue weighted by Gasteiger charge is 2.18. The molecule has 0 unspecified atom stereocenters. The molecule has 1 aromatic rings. The molecule has 0 amide bonds. The van der Waals surface area contributed by atoms with Crippen molar-refractivity contribution in [2.75, 3.05) is 13.7 Å². The molecule has 0 saturated carbocycles. The average Bonchev–Trinajstić information content (AvgIpc) is 2.30. The molecule has 2 rings (SSSR count). The van der Waals surface area contributed by atoms with E-state index in [1.807, 2.05) is 0 Å². The van der Waals surface area contributed by atoms with Crippen LogP contribution in [0.3, 0.4) is 0 Å². The minimum Gasteiger partial charge on any atom is -0.496 e. The molecule has 1 heterocycles. The second-order valence-electron chi connectivity index (χ2n) is 4.36. The van der Waals surface area contributed by atoms with E-state index in [-0.39, 0.29) is 0 Å². The van der Waals surface area contributed by atoms with Crippen molar-refractivity contribution in [3.05, 3.63) is 29.3 Å². The lowest BCUT2D eigenvalue weighted by atomic mass is 9.96. The number of rotatable bonds is 2. The Morgan fingerprint density at radius 3 is 2.80 bits per heavy atom. The number of ether oxygens (including phenoxy) is 1. The first kappa shape index (κ1) is 10.5. The molecule has 1 aliphatic rings. The monoisotopic (exact) mass is 206 g/mol. The molecule has 0 spiro atoms. The number of benzene rings is 1.